The van der Waals surface area contributed by atoms with Crippen LogP contribution in [0.3, 0.4) is 0 Å². The minimum absolute atomic E-state index is 0.164. The standard InChI is InChI=1S/C19H21NO3/c1-2-23-18(21)15-5-3-13(4-6-15)17-14-7-9-16(10-8-14)19(17)11-22-12-20-19/h3-7,9,12,14,16-17H,2,8,10-11H2,1H3/t14-,16+,17-,19+/m0/s1. The molecule has 5 rings (SSSR count). The number of hydrogen-bond donors (Lipinski definition) is 0. The van der Waals surface area contributed by atoms with Crippen LogP contribution in [0.4, 0.5) is 0 Å². The van der Waals surface area contributed by atoms with Crippen molar-refractivity contribution in [2.45, 2.75) is 31.2 Å². The van der Waals surface area contributed by atoms with E-state index >= 15 is 0 Å². The number of ether oxygens (including phenoxy) is 2. The number of fused-ring (bicyclic) bond motifs is 1. The minimum atomic E-state index is -0.263. The van der Waals surface area contributed by atoms with E-state index in [2.05, 4.69) is 24.3 Å². The summed E-state index contributed by atoms with van der Waals surface area (Å²) >= 11 is 0. The van der Waals surface area contributed by atoms with Gasteiger partial charge in [-0.3, -0.25) is 0 Å². The van der Waals surface area contributed by atoms with Gasteiger partial charge >= 0.3 is 5.97 Å². The zero-order chi connectivity index (χ0) is 15.9. The van der Waals surface area contributed by atoms with Crippen molar-refractivity contribution in [3.05, 3.63) is 47.5 Å². The summed E-state index contributed by atoms with van der Waals surface area (Å²) in [5.74, 6) is 0.996. The van der Waals surface area contributed by atoms with Crippen LogP contribution in [0.15, 0.2) is 41.4 Å². The highest BCUT2D eigenvalue weighted by Gasteiger charge is 2.55. The van der Waals surface area contributed by atoms with E-state index in [-0.39, 0.29) is 11.5 Å². The first-order valence-corrected chi connectivity index (χ1v) is 8.35. The van der Waals surface area contributed by atoms with Crippen molar-refractivity contribution in [2.75, 3.05) is 13.2 Å². The van der Waals surface area contributed by atoms with Gasteiger partial charge in [0, 0.05) is 11.8 Å². The maximum absolute atomic E-state index is 11.8. The lowest BCUT2D eigenvalue weighted by Crippen LogP contribution is -2.51. The summed E-state index contributed by atoms with van der Waals surface area (Å²) in [5, 5.41) is 0. The molecule has 2 bridgehead atoms. The van der Waals surface area contributed by atoms with Gasteiger partial charge in [-0.25, -0.2) is 9.79 Å². The number of benzene rings is 1. The molecule has 4 heteroatoms. The fraction of sp³-hybridized carbons (Fsp3) is 0.474. The Morgan fingerprint density at radius 2 is 2.13 bits per heavy atom. The fourth-order valence-corrected chi connectivity index (χ4v) is 4.43. The fourth-order valence-electron chi connectivity index (χ4n) is 4.43. The molecular formula is C19H21NO3. The van der Waals surface area contributed by atoms with E-state index < -0.39 is 0 Å². The molecule has 1 aromatic carbocycles. The second-order valence-electron chi connectivity index (χ2n) is 6.59. The van der Waals surface area contributed by atoms with Crippen molar-refractivity contribution in [1.82, 2.24) is 0 Å². The summed E-state index contributed by atoms with van der Waals surface area (Å²) in [6.45, 7) is 2.87. The van der Waals surface area contributed by atoms with Gasteiger partial charge in [-0.1, -0.05) is 24.3 Å². The van der Waals surface area contributed by atoms with Gasteiger partial charge < -0.3 is 9.47 Å². The SMILES string of the molecule is CCOC(=O)c1ccc([C@H]2[C@H]3C=C[C@H](CC3)[C@]23COC=N3)cc1. The van der Waals surface area contributed by atoms with Crippen molar-refractivity contribution in [2.24, 2.45) is 16.8 Å². The minimum Gasteiger partial charge on any atom is -0.481 e. The molecule has 0 unspecified atom stereocenters. The Balaban J connectivity index is 1.67. The van der Waals surface area contributed by atoms with E-state index in [1.165, 1.54) is 18.4 Å². The highest BCUT2D eigenvalue weighted by atomic mass is 16.5. The summed E-state index contributed by atoms with van der Waals surface area (Å²) < 4.78 is 10.6. The number of aliphatic imine (C=N–C) groups is 1. The van der Waals surface area contributed by atoms with Crippen LogP contribution in [-0.4, -0.2) is 31.1 Å². The molecular weight excluding hydrogens is 290 g/mol. The molecule has 0 radical (unpaired) electrons. The quantitative estimate of drug-likeness (QED) is 0.635. The largest absolute Gasteiger partial charge is 0.481 e. The first-order valence-electron chi connectivity index (χ1n) is 8.35. The smallest absolute Gasteiger partial charge is 0.338 e. The van der Waals surface area contributed by atoms with Gasteiger partial charge in [0.15, 0.2) is 6.40 Å². The van der Waals surface area contributed by atoms with Crippen LogP contribution in [0.25, 0.3) is 0 Å². The maximum atomic E-state index is 11.8. The van der Waals surface area contributed by atoms with E-state index in [0.717, 1.165) is 0 Å². The zero-order valence-corrected chi connectivity index (χ0v) is 13.3. The third-order valence-corrected chi connectivity index (χ3v) is 5.47. The van der Waals surface area contributed by atoms with Gasteiger partial charge in [-0.2, -0.15) is 0 Å². The predicted octanol–water partition coefficient (Wildman–Crippen LogP) is 3.34. The Hall–Kier alpha value is -2.10. The molecule has 0 N–H and O–H groups in total. The van der Waals surface area contributed by atoms with E-state index in [9.17, 15) is 4.79 Å². The predicted molar refractivity (Wildman–Crippen MR) is 87.7 cm³/mol. The van der Waals surface area contributed by atoms with Crippen LogP contribution in [-0.2, 0) is 9.47 Å². The van der Waals surface area contributed by atoms with Crippen molar-refractivity contribution in [3.63, 3.8) is 0 Å². The summed E-state index contributed by atoms with van der Waals surface area (Å²) in [6.07, 6.45) is 8.66. The van der Waals surface area contributed by atoms with Gasteiger partial charge in [-0.15, -0.1) is 0 Å². The lowest BCUT2D eigenvalue weighted by atomic mass is 9.56. The normalized spacial score (nSPS) is 33.9. The Kier molecular flexibility index (Phi) is 3.47. The van der Waals surface area contributed by atoms with Crippen LogP contribution >= 0.6 is 0 Å². The Morgan fingerprint density at radius 3 is 2.74 bits per heavy atom. The van der Waals surface area contributed by atoms with Crippen molar-refractivity contribution in [1.29, 1.82) is 0 Å². The van der Waals surface area contributed by atoms with E-state index in [1.807, 2.05) is 19.1 Å². The van der Waals surface area contributed by atoms with E-state index in [1.54, 1.807) is 6.40 Å². The average Bonchev–Trinajstić information content (AvgIpc) is 3.06. The Labute approximate surface area is 136 Å². The number of nitrogens with zero attached hydrogens (tertiary/aromatic N) is 1. The third kappa shape index (κ3) is 2.19. The number of rotatable bonds is 3. The molecule has 23 heavy (non-hydrogen) atoms. The molecule has 1 aromatic rings. The Bertz CT molecular complexity index is 664. The second kappa shape index (κ2) is 5.52. The maximum Gasteiger partial charge on any atom is 0.338 e. The van der Waals surface area contributed by atoms with Gasteiger partial charge in [0.25, 0.3) is 0 Å². The summed E-state index contributed by atoms with van der Waals surface area (Å²) in [7, 11) is 0. The molecule has 1 saturated carbocycles. The lowest BCUT2D eigenvalue weighted by Gasteiger charge is -2.50. The van der Waals surface area contributed by atoms with Gasteiger partial charge in [-0.05, 0) is 43.4 Å². The molecule has 1 heterocycles. The molecule has 120 valence electrons. The first-order chi connectivity index (χ1) is 11.2. The molecule has 0 saturated heterocycles. The number of allylic oxidation sites excluding steroid dienone is 1. The Morgan fingerprint density at radius 1 is 1.30 bits per heavy atom. The number of esters is 1. The van der Waals surface area contributed by atoms with Crippen molar-refractivity contribution >= 4 is 12.4 Å². The van der Waals surface area contributed by atoms with Gasteiger partial charge in [0.05, 0.1) is 12.2 Å². The zero-order valence-electron chi connectivity index (χ0n) is 13.3. The summed E-state index contributed by atoms with van der Waals surface area (Å²) in [4.78, 5) is 16.6. The lowest BCUT2D eigenvalue weighted by molar-refractivity contribution is 0.0526. The molecule has 3 aliphatic carbocycles. The van der Waals surface area contributed by atoms with Crippen LogP contribution in [0.2, 0.25) is 0 Å². The topological polar surface area (TPSA) is 47.9 Å². The molecule has 4 nitrogen and oxygen atoms in total. The van der Waals surface area contributed by atoms with Crippen molar-refractivity contribution < 1.29 is 14.3 Å². The summed E-state index contributed by atoms with van der Waals surface area (Å²) in [6, 6.07) is 7.85. The first kappa shape index (κ1) is 14.5. The molecule has 4 atom stereocenters. The molecule has 1 aliphatic heterocycles. The third-order valence-electron chi connectivity index (χ3n) is 5.47. The van der Waals surface area contributed by atoms with Gasteiger partial charge in [0.2, 0.25) is 0 Å². The molecule has 4 aliphatic rings. The van der Waals surface area contributed by atoms with Crippen molar-refractivity contribution in [3.8, 4) is 0 Å². The van der Waals surface area contributed by atoms with E-state index in [0.29, 0.717) is 36.5 Å². The van der Waals surface area contributed by atoms with E-state index in [4.69, 9.17) is 14.5 Å². The molecule has 1 fully saturated rings. The molecule has 0 amide bonds. The summed E-state index contributed by atoms with van der Waals surface area (Å²) in [5.41, 5.74) is 1.68. The number of hydrogen-bond acceptors (Lipinski definition) is 4. The highest BCUT2D eigenvalue weighted by Crippen LogP contribution is 2.55. The van der Waals surface area contributed by atoms with Crippen LogP contribution in [0.5, 0.6) is 0 Å². The monoisotopic (exact) mass is 311 g/mol. The molecule has 1 spiro atoms. The van der Waals surface area contributed by atoms with Crippen LogP contribution in [0, 0.1) is 11.8 Å². The second-order valence-corrected chi connectivity index (χ2v) is 6.59. The number of carbonyl (C=O) groups excluding carboxylic acids is 1. The highest BCUT2D eigenvalue weighted by molar-refractivity contribution is 5.89. The molecule has 0 aromatic heterocycles. The van der Waals surface area contributed by atoms with Gasteiger partial charge in [0.1, 0.15) is 12.1 Å². The average molecular weight is 311 g/mol. The van der Waals surface area contributed by atoms with Crippen LogP contribution < -0.4 is 0 Å². The van der Waals surface area contributed by atoms with Crippen LogP contribution in [0.1, 0.15) is 41.6 Å². The number of carbonyl (C=O) groups is 1.